The van der Waals surface area contributed by atoms with Crippen molar-refractivity contribution >= 4 is 46.4 Å². The number of piperidine rings is 1. The van der Waals surface area contributed by atoms with Crippen LogP contribution in [-0.2, 0) is 56.5 Å². The lowest BCUT2D eigenvalue weighted by Crippen LogP contribution is -2.64. The highest BCUT2D eigenvalue weighted by atomic mass is 28.4. The summed E-state index contributed by atoms with van der Waals surface area (Å²) in [4.78, 5) is 72.6. The minimum Gasteiger partial charge on any atom is -0.456 e. The highest BCUT2D eigenvalue weighted by Gasteiger charge is 2.57. The molecule has 1 N–H and O–H groups in total. The highest BCUT2D eigenvalue weighted by Crippen LogP contribution is 2.44. The summed E-state index contributed by atoms with van der Waals surface area (Å²) in [6.07, 6.45) is 5.66. The Morgan fingerprint density at radius 2 is 1.38 bits per heavy atom. The van der Waals surface area contributed by atoms with Gasteiger partial charge in [0.1, 0.15) is 30.3 Å². The largest absolute Gasteiger partial charge is 0.456 e. The van der Waals surface area contributed by atoms with E-state index < -0.39 is 94.4 Å². The molecule has 71 heavy (non-hydrogen) atoms. The van der Waals surface area contributed by atoms with E-state index >= 15 is 4.79 Å². The fourth-order valence-electron chi connectivity index (χ4n) is 10.7. The average molecular weight is 1030 g/mol. The molecule has 16 heteroatoms. The number of hydrogen-bond donors (Lipinski definition) is 1. The number of cyclic esters (lactones) is 1. The van der Waals surface area contributed by atoms with E-state index in [-0.39, 0.29) is 72.1 Å². The Kier molecular flexibility index (Phi) is 21.5. The third-order valence-corrected chi connectivity index (χ3v) is 26.3. The van der Waals surface area contributed by atoms with Crippen LogP contribution in [0.1, 0.15) is 147 Å². The molecule has 3 heterocycles. The van der Waals surface area contributed by atoms with Crippen molar-refractivity contribution in [2.24, 2.45) is 29.6 Å². The molecule has 0 aromatic rings. The summed E-state index contributed by atoms with van der Waals surface area (Å²) >= 11 is 0. The first kappa shape index (κ1) is 61.1. The molecular formula is C55H95NO13Si2. The first-order valence-electron chi connectivity index (χ1n) is 26.6. The molecule has 1 aliphatic carbocycles. The predicted octanol–water partition coefficient (Wildman–Crippen LogP) is 9.71. The van der Waals surface area contributed by atoms with Crippen LogP contribution in [0.4, 0.5) is 0 Å². The fourth-order valence-corrected chi connectivity index (χ4v) is 13.5. The first-order chi connectivity index (χ1) is 32.9. The van der Waals surface area contributed by atoms with Gasteiger partial charge in [0.15, 0.2) is 16.6 Å². The number of carbonyl (C=O) groups is 5. The maximum atomic E-state index is 15.0. The van der Waals surface area contributed by atoms with Crippen LogP contribution in [0.2, 0.25) is 36.3 Å². The molecule has 0 aromatic carbocycles. The molecule has 3 aliphatic heterocycles. The number of esters is 1. The standard InChI is InChI=1S/C55H95NO13Si2/c1-34-27-35(2)29-46(64-13)49-47(65-14)31-37(4)55(62,67-49)50(59)51(60)56-25-20-19-21-41(56)52(61)66-48(36(3)30-39-22-23-43(45(32-39)63-12)68-70(15,16)53(6,7)8)38(5)44(69-71(17,18)54(9,10)11)33-42(58)40(28-34)24-26-57/h26,28,30,35,37-41,43-49,62H,19-25,27,29,31-33H2,1-18H3/b34-28+,36-30+/t35-,37+,38-,39-,40+,41-,43+,44?,45+,46-,47-,48+,49+,55+/m0/s1. The van der Waals surface area contributed by atoms with Crippen molar-refractivity contribution in [3.8, 4) is 0 Å². The van der Waals surface area contributed by atoms with Gasteiger partial charge in [-0.25, -0.2) is 4.79 Å². The SMILES string of the molecule is CO[C@H]1C[C@@H](C)C/C(C)=C/[C@@H](CC=O)C(=O)CC(O[Si](C)(C)C(C)(C)C)[C@H](C)[C@@H](/C(C)=C/[C@@H]2CC[C@@H](O[Si](C)(C)C(C)(C)C)[C@H](OC)C2)OC(=O)[C@@H]2CCCCN2C(=O)C(=O)[C@]2(O)O[C@H]1[C@@H](OC)C[C@H]2C. The zero-order valence-electron chi connectivity index (χ0n) is 47.0. The number of carbonyl (C=O) groups excluding carboxylic acids is 5. The smallest absolute Gasteiger partial charge is 0.329 e. The molecule has 4 aliphatic rings. The Balaban J connectivity index is 1.89. The van der Waals surface area contributed by atoms with Crippen LogP contribution in [0.3, 0.4) is 0 Å². The number of allylic oxidation sites excluding steroid dienone is 3. The van der Waals surface area contributed by atoms with Crippen molar-refractivity contribution in [2.75, 3.05) is 27.9 Å². The van der Waals surface area contributed by atoms with Gasteiger partial charge >= 0.3 is 5.97 Å². The number of aldehydes is 1. The topological polar surface area (TPSA) is 173 Å². The Labute approximate surface area is 429 Å². The minimum absolute atomic E-state index is 0.00591. The number of ketones is 2. The number of rotatable bonds is 11. The molecule has 406 valence electrons. The van der Waals surface area contributed by atoms with Crippen LogP contribution in [0.15, 0.2) is 23.3 Å². The van der Waals surface area contributed by atoms with E-state index in [9.17, 15) is 24.3 Å². The second-order valence-electron chi connectivity index (χ2n) is 24.8. The zero-order chi connectivity index (χ0) is 53.6. The van der Waals surface area contributed by atoms with E-state index in [4.69, 9.17) is 32.5 Å². The Morgan fingerprint density at radius 1 is 0.803 bits per heavy atom. The van der Waals surface area contributed by atoms with Gasteiger partial charge < -0.3 is 47.3 Å². The van der Waals surface area contributed by atoms with Crippen molar-refractivity contribution in [1.82, 2.24) is 4.90 Å². The summed E-state index contributed by atoms with van der Waals surface area (Å²) in [6, 6.07) is -1.14. The van der Waals surface area contributed by atoms with Gasteiger partial charge in [0, 0.05) is 58.5 Å². The van der Waals surface area contributed by atoms with Crippen LogP contribution in [-0.4, -0.2) is 139 Å². The number of aliphatic hydroxyl groups is 1. The normalized spacial score (nSPS) is 36.3. The van der Waals surface area contributed by atoms with Crippen molar-refractivity contribution in [3.05, 3.63) is 23.3 Å². The molecule has 3 fully saturated rings. The van der Waals surface area contributed by atoms with E-state index in [2.05, 4.69) is 73.8 Å². The number of fused-ring (bicyclic) bond motifs is 3. The number of amides is 1. The van der Waals surface area contributed by atoms with Gasteiger partial charge in [0.05, 0.1) is 30.5 Å². The lowest BCUT2D eigenvalue weighted by atomic mass is 9.81. The first-order valence-corrected chi connectivity index (χ1v) is 32.4. The quantitative estimate of drug-likeness (QED) is 0.0682. The van der Waals surface area contributed by atoms with Crippen molar-refractivity contribution in [1.29, 1.82) is 0 Å². The summed E-state index contributed by atoms with van der Waals surface area (Å²) < 4.78 is 45.2. The molecule has 1 amide bonds. The van der Waals surface area contributed by atoms with Gasteiger partial charge in [0.25, 0.3) is 11.7 Å². The molecule has 2 saturated heterocycles. The van der Waals surface area contributed by atoms with Crippen LogP contribution < -0.4 is 0 Å². The molecule has 1 unspecified atom stereocenters. The minimum atomic E-state index is -2.61. The number of hydrogen-bond acceptors (Lipinski definition) is 13. The van der Waals surface area contributed by atoms with Crippen LogP contribution in [0.5, 0.6) is 0 Å². The summed E-state index contributed by atoms with van der Waals surface area (Å²) in [7, 11) is 0.0804. The third kappa shape index (κ3) is 14.9. The van der Waals surface area contributed by atoms with Gasteiger partial charge in [-0.3, -0.25) is 14.4 Å². The van der Waals surface area contributed by atoms with Gasteiger partial charge in [-0.05, 0) is 125 Å². The second-order valence-corrected chi connectivity index (χ2v) is 34.4. The summed E-state index contributed by atoms with van der Waals surface area (Å²) in [6.45, 7) is 31.5. The van der Waals surface area contributed by atoms with E-state index in [1.807, 2.05) is 33.8 Å². The molecule has 4 rings (SSSR count). The summed E-state index contributed by atoms with van der Waals surface area (Å²) in [5.41, 5.74) is 1.68. The van der Waals surface area contributed by atoms with Gasteiger partial charge in [0.2, 0.25) is 5.79 Å². The average Bonchev–Trinajstić information content (AvgIpc) is 3.28. The van der Waals surface area contributed by atoms with Crippen molar-refractivity contribution in [2.45, 2.75) is 238 Å². The van der Waals surface area contributed by atoms with Crippen LogP contribution in [0.25, 0.3) is 0 Å². The van der Waals surface area contributed by atoms with E-state index in [0.717, 1.165) is 30.3 Å². The lowest BCUT2D eigenvalue weighted by molar-refractivity contribution is -0.302. The Bertz CT molecular complexity index is 1910. The maximum Gasteiger partial charge on any atom is 0.329 e. The van der Waals surface area contributed by atoms with E-state index in [1.165, 1.54) is 19.1 Å². The number of methoxy groups -OCH3 is 3. The van der Waals surface area contributed by atoms with Crippen LogP contribution in [0, 0.1) is 29.6 Å². The lowest BCUT2D eigenvalue weighted by Gasteiger charge is -2.47. The van der Waals surface area contributed by atoms with Crippen molar-refractivity contribution in [3.63, 3.8) is 0 Å². The monoisotopic (exact) mass is 1030 g/mol. The van der Waals surface area contributed by atoms with Gasteiger partial charge in [-0.15, -0.1) is 0 Å². The molecule has 2 bridgehead atoms. The molecule has 1 saturated carbocycles. The molecule has 14 atom stereocenters. The number of Topliss-reactive ketones (excluding diaryl/α,β-unsaturated/α-hetero) is 2. The van der Waals surface area contributed by atoms with E-state index in [0.29, 0.717) is 32.1 Å². The molecular weight excluding hydrogens is 939 g/mol. The summed E-state index contributed by atoms with van der Waals surface area (Å²) in [5, 5.41) is 12.1. The molecule has 0 spiro atoms. The zero-order valence-corrected chi connectivity index (χ0v) is 49.0. The molecule has 0 aromatic heterocycles. The molecule has 0 radical (unpaired) electrons. The summed E-state index contributed by atoms with van der Waals surface area (Å²) in [5.74, 6) is -7.67. The number of ether oxygens (including phenoxy) is 5. The van der Waals surface area contributed by atoms with Gasteiger partial charge in [-0.1, -0.05) is 80.0 Å². The van der Waals surface area contributed by atoms with Crippen molar-refractivity contribution < 1.29 is 61.6 Å². The Hall–Kier alpha value is -2.42. The predicted molar refractivity (Wildman–Crippen MR) is 281 cm³/mol. The fraction of sp³-hybridized carbons (Fsp3) is 0.836. The Morgan fingerprint density at radius 3 is 1.94 bits per heavy atom. The second kappa shape index (κ2) is 25.0. The van der Waals surface area contributed by atoms with Crippen LogP contribution >= 0.6 is 0 Å². The molecule has 14 nitrogen and oxygen atoms in total. The third-order valence-electron chi connectivity index (χ3n) is 17.3. The highest BCUT2D eigenvalue weighted by molar-refractivity contribution is 6.74. The van der Waals surface area contributed by atoms with E-state index in [1.54, 1.807) is 14.0 Å². The van der Waals surface area contributed by atoms with Gasteiger partial charge in [-0.2, -0.15) is 0 Å². The maximum absolute atomic E-state index is 15.0. The number of nitrogens with zero attached hydrogens (tertiary/aromatic N) is 1.